The Kier molecular flexibility index (Phi) is 4.54. The summed E-state index contributed by atoms with van der Waals surface area (Å²) >= 11 is 8.99. The zero-order chi connectivity index (χ0) is 11.4. The first-order valence-corrected chi connectivity index (χ1v) is 5.86. The summed E-state index contributed by atoms with van der Waals surface area (Å²) in [7, 11) is 0. The van der Waals surface area contributed by atoms with Crippen molar-refractivity contribution >= 4 is 39.3 Å². The van der Waals surface area contributed by atoms with Gasteiger partial charge >= 0.3 is 0 Å². The van der Waals surface area contributed by atoms with Gasteiger partial charge in [-0.15, -0.1) is 0 Å². The molecule has 1 heterocycles. The van der Waals surface area contributed by atoms with E-state index < -0.39 is 0 Å². The molecule has 1 amide bonds. The molecule has 1 aromatic heterocycles. The standard InChI is InChI=1S/C10H12BrClN2O/c1-6(2)9(11)10(15)14-8-4-3-7(12)5-13-8/h3-6,9H,1-2H3,(H,13,14,15). The molecule has 0 spiro atoms. The lowest BCUT2D eigenvalue weighted by Crippen LogP contribution is -2.27. The highest BCUT2D eigenvalue weighted by atomic mass is 79.9. The SMILES string of the molecule is CC(C)C(Br)C(=O)Nc1ccc(Cl)cn1. The normalized spacial score (nSPS) is 12.6. The molecule has 3 nitrogen and oxygen atoms in total. The van der Waals surface area contributed by atoms with Crippen molar-refractivity contribution < 1.29 is 4.79 Å². The number of hydrogen-bond donors (Lipinski definition) is 1. The van der Waals surface area contributed by atoms with Gasteiger partial charge in [0.05, 0.1) is 9.85 Å². The van der Waals surface area contributed by atoms with E-state index in [1.165, 1.54) is 6.20 Å². The molecular weight excluding hydrogens is 279 g/mol. The molecule has 1 N–H and O–H groups in total. The van der Waals surface area contributed by atoms with Gasteiger partial charge in [-0.25, -0.2) is 4.98 Å². The highest BCUT2D eigenvalue weighted by Gasteiger charge is 2.18. The zero-order valence-corrected chi connectivity index (χ0v) is 10.8. The third-order valence-electron chi connectivity index (χ3n) is 1.81. The van der Waals surface area contributed by atoms with Crippen LogP contribution in [0.15, 0.2) is 18.3 Å². The number of anilines is 1. The van der Waals surface area contributed by atoms with E-state index in [0.29, 0.717) is 10.8 Å². The van der Waals surface area contributed by atoms with Gasteiger partial charge in [0.1, 0.15) is 5.82 Å². The topological polar surface area (TPSA) is 42.0 Å². The minimum absolute atomic E-state index is 0.0974. The van der Waals surface area contributed by atoms with Crippen molar-refractivity contribution in [2.45, 2.75) is 18.7 Å². The van der Waals surface area contributed by atoms with Crippen LogP contribution in [0, 0.1) is 5.92 Å². The Morgan fingerprint density at radius 2 is 2.20 bits per heavy atom. The molecule has 0 aliphatic rings. The highest BCUT2D eigenvalue weighted by Crippen LogP contribution is 2.15. The number of rotatable bonds is 3. The number of nitrogens with zero attached hydrogens (tertiary/aromatic N) is 1. The van der Waals surface area contributed by atoms with Crippen molar-refractivity contribution in [3.8, 4) is 0 Å². The number of carbonyl (C=O) groups is 1. The van der Waals surface area contributed by atoms with Crippen molar-refractivity contribution in [2.75, 3.05) is 5.32 Å². The fraction of sp³-hybridized carbons (Fsp3) is 0.400. The predicted molar refractivity (Wildman–Crippen MR) is 65.4 cm³/mol. The number of nitrogens with one attached hydrogen (secondary N) is 1. The van der Waals surface area contributed by atoms with Crippen LogP contribution in [0.2, 0.25) is 5.02 Å². The Bertz CT molecular complexity index is 340. The Balaban J connectivity index is 2.62. The van der Waals surface area contributed by atoms with Gasteiger partial charge in [-0.2, -0.15) is 0 Å². The molecule has 5 heteroatoms. The summed E-state index contributed by atoms with van der Waals surface area (Å²) < 4.78 is 0. The molecule has 1 aromatic rings. The summed E-state index contributed by atoms with van der Waals surface area (Å²) in [6.07, 6.45) is 1.50. The summed E-state index contributed by atoms with van der Waals surface area (Å²) in [5.41, 5.74) is 0. The summed E-state index contributed by atoms with van der Waals surface area (Å²) in [4.78, 5) is 15.4. The molecule has 0 radical (unpaired) electrons. The van der Waals surface area contributed by atoms with Gasteiger partial charge in [0.15, 0.2) is 0 Å². The van der Waals surface area contributed by atoms with E-state index in [-0.39, 0.29) is 16.7 Å². The molecule has 0 fully saturated rings. The van der Waals surface area contributed by atoms with E-state index in [1.807, 2.05) is 13.8 Å². The van der Waals surface area contributed by atoms with Crippen molar-refractivity contribution in [3.05, 3.63) is 23.4 Å². The van der Waals surface area contributed by atoms with Gasteiger partial charge in [0.25, 0.3) is 0 Å². The first-order valence-electron chi connectivity index (χ1n) is 4.57. The molecule has 0 aromatic carbocycles. The number of carbonyl (C=O) groups excluding carboxylic acids is 1. The minimum atomic E-state index is -0.213. The lowest BCUT2D eigenvalue weighted by atomic mass is 10.1. The molecular formula is C10H12BrClN2O. The van der Waals surface area contributed by atoms with Crippen LogP contribution in [0.4, 0.5) is 5.82 Å². The van der Waals surface area contributed by atoms with Gasteiger partial charge in [0, 0.05) is 6.20 Å². The van der Waals surface area contributed by atoms with Gasteiger partial charge < -0.3 is 5.32 Å². The molecule has 1 rings (SSSR count). The molecule has 82 valence electrons. The fourth-order valence-corrected chi connectivity index (χ4v) is 1.17. The zero-order valence-electron chi connectivity index (χ0n) is 8.50. The average molecular weight is 292 g/mol. The second kappa shape index (κ2) is 5.47. The molecule has 15 heavy (non-hydrogen) atoms. The maximum Gasteiger partial charge on any atom is 0.239 e. The van der Waals surface area contributed by atoms with Crippen LogP contribution in [0.25, 0.3) is 0 Å². The van der Waals surface area contributed by atoms with Crippen LogP contribution < -0.4 is 5.32 Å². The van der Waals surface area contributed by atoms with Crippen LogP contribution in [0.3, 0.4) is 0 Å². The van der Waals surface area contributed by atoms with Crippen molar-refractivity contribution in [1.29, 1.82) is 0 Å². The number of pyridine rings is 1. The molecule has 0 saturated heterocycles. The van der Waals surface area contributed by atoms with Crippen LogP contribution in [0.1, 0.15) is 13.8 Å². The second-order valence-electron chi connectivity index (χ2n) is 3.50. The van der Waals surface area contributed by atoms with Crippen LogP contribution in [0.5, 0.6) is 0 Å². The summed E-state index contributed by atoms with van der Waals surface area (Å²) in [6, 6.07) is 3.35. The van der Waals surface area contributed by atoms with Gasteiger partial charge in [-0.1, -0.05) is 41.4 Å². The first kappa shape index (κ1) is 12.5. The van der Waals surface area contributed by atoms with Crippen molar-refractivity contribution in [2.24, 2.45) is 5.92 Å². The van der Waals surface area contributed by atoms with E-state index in [9.17, 15) is 4.79 Å². The number of halogens is 2. The molecule has 1 unspecified atom stereocenters. The van der Waals surface area contributed by atoms with E-state index in [4.69, 9.17) is 11.6 Å². The second-order valence-corrected chi connectivity index (χ2v) is 4.92. The smallest absolute Gasteiger partial charge is 0.239 e. The quantitative estimate of drug-likeness (QED) is 0.870. The van der Waals surface area contributed by atoms with E-state index >= 15 is 0 Å². The third-order valence-corrected chi connectivity index (χ3v) is 3.51. The summed E-state index contributed by atoms with van der Waals surface area (Å²) in [5, 5.41) is 3.24. The minimum Gasteiger partial charge on any atom is -0.310 e. The van der Waals surface area contributed by atoms with Gasteiger partial charge in [-0.05, 0) is 18.1 Å². The number of hydrogen-bond acceptors (Lipinski definition) is 2. The lowest BCUT2D eigenvalue weighted by molar-refractivity contribution is -0.116. The van der Waals surface area contributed by atoms with Crippen molar-refractivity contribution in [3.63, 3.8) is 0 Å². The van der Waals surface area contributed by atoms with E-state index in [1.54, 1.807) is 12.1 Å². The fourth-order valence-electron chi connectivity index (χ4n) is 0.948. The summed E-state index contributed by atoms with van der Waals surface area (Å²) in [6.45, 7) is 3.93. The highest BCUT2D eigenvalue weighted by molar-refractivity contribution is 9.10. The predicted octanol–water partition coefficient (Wildman–Crippen LogP) is 3.09. The Morgan fingerprint density at radius 3 is 2.67 bits per heavy atom. The first-order chi connectivity index (χ1) is 7.00. The maximum atomic E-state index is 11.6. The number of amides is 1. The molecule has 0 aliphatic heterocycles. The van der Waals surface area contributed by atoms with Gasteiger partial charge in [0.2, 0.25) is 5.91 Å². The molecule has 0 saturated carbocycles. The van der Waals surface area contributed by atoms with Crippen LogP contribution in [-0.2, 0) is 4.79 Å². The number of aromatic nitrogens is 1. The Morgan fingerprint density at radius 1 is 1.53 bits per heavy atom. The van der Waals surface area contributed by atoms with Crippen LogP contribution in [-0.4, -0.2) is 15.7 Å². The van der Waals surface area contributed by atoms with Crippen molar-refractivity contribution in [1.82, 2.24) is 4.98 Å². The maximum absolute atomic E-state index is 11.6. The van der Waals surface area contributed by atoms with E-state index in [2.05, 4.69) is 26.2 Å². The Hall–Kier alpha value is -0.610. The molecule has 0 bridgehead atoms. The average Bonchev–Trinajstić information content (AvgIpc) is 2.20. The largest absolute Gasteiger partial charge is 0.310 e. The third kappa shape index (κ3) is 3.80. The molecule has 0 aliphatic carbocycles. The lowest BCUT2D eigenvalue weighted by Gasteiger charge is -2.13. The number of alkyl halides is 1. The van der Waals surface area contributed by atoms with Crippen LogP contribution >= 0.6 is 27.5 Å². The van der Waals surface area contributed by atoms with Gasteiger partial charge in [-0.3, -0.25) is 4.79 Å². The Labute approximate surface area is 102 Å². The molecule has 1 atom stereocenters. The summed E-state index contributed by atoms with van der Waals surface area (Å²) in [5.74, 6) is 0.645. The monoisotopic (exact) mass is 290 g/mol. The van der Waals surface area contributed by atoms with E-state index in [0.717, 1.165) is 0 Å².